The lowest BCUT2D eigenvalue weighted by Gasteiger charge is -2.41. The Morgan fingerprint density at radius 2 is 1.79 bits per heavy atom. The topological polar surface area (TPSA) is 87.2 Å². The number of allylic oxidation sites excluding steroid dienone is 1. The number of hydrogen-bond donors (Lipinski definition) is 1. The van der Waals surface area contributed by atoms with Gasteiger partial charge >= 0.3 is 5.97 Å². The molecular formula is C30H38N2O5S. The minimum Gasteiger partial charge on any atom is -0.465 e. The quantitative estimate of drug-likeness (QED) is 0.464. The minimum atomic E-state index is -0.968. The van der Waals surface area contributed by atoms with Crippen molar-refractivity contribution in [2.45, 2.75) is 69.0 Å². The summed E-state index contributed by atoms with van der Waals surface area (Å²) in [4.78, 5) is 46.2. The lowest BCUT2D eigenvalue weighted by atomic mass is 9.74. The molecule has 38 heavy (non-hydrogen) atoms. The van der Waals surface area contributed by atoms with Gasteiger partial charge in [0.2, 0.25) is 5.91 Å². The number of aliphatic hydroxyl groups excluding tert-OH is 1. The Morgan fingerprint density at radius 3 is 2.45 bits per heavy atom. The van der Waals surface area contributed by atoms with Gasteiger partial charge in [-0.3, -0.25) is 14.4 Å². The molecule has 4 aliphatic rings. The molecule has 2 fully saturated rings. The zero-order chi connectivity index (χ0) is 27.4. The Morgan fingerprint density at radius 1 is 1.08 bits per heavy atom. The molecule has 1 aromatic carbocycles. The van der Waals surface area contributed by atoms with E-state index in [9.17, 15) is 19.5 Å². The Bertz CT molecular complexity index is 1190. The number of hydrogen-bond acceptors (Lipinski definition) is 6. The zero-order valence-corrected chi connectivity index (χ0v) is 23.7. The van der Waals surface area contributed by atoms with E-state index < -0.39 is 33.4 Å². The van der Waals surface area contributed by atoms with Gasteiger partial charge in [-0.15, -0.1) is 11.8 Å². The standard InChI is InChI=1S/C30H38N2O5S/c1-18(2)21(17-33)32-25-27(35)31(24-19(3)11-9-12-20(24)4)15-10-14-30(25)22(26(32)34)23-28(36)37-16-8-6-7-13-29(23,5)38-30/h7,9-14,18,21-23,25,33H,6,8,15-17H2,1-5H3/b13-7-/t21-,22-,23-,25?,29+,30-/m0/s1. The molecule has 2 saturated heterocycles. The van der Waals surface area contributed by atoms with E-state index in [-0.39, 0.29) is 30.3 Å². The third-order valence-electron chi connectivity index (χ3n) is 8.71. The number of thioether (sulfide) groups is 1. The molecule has 0 aromatic heterocycles. The normalized spacial score (nSPS) is 34.6. The van der Waals surface area contributed by atoms with Crippen LogP contribution < -0.4 is 4.90 Å². The molecule has 1 aromatic rings. The largest absolute Gasteiger partial charge is 0.465 e. The molecule has 5 rings (SSSR count). The summed E-state index contributed by atoms with van der Waals surface area (Å²) in [6.45, 7) is 10.3. The van der Waals surface area contributed by atoms with Crippen molar-refractivity contribution in [2.75, 3.05) is 24.7 Å². The number of aryl methyl sites for hydroxylation is 2. The first-order chi connectivity index (χ1) is 18.1. The fourth-order valence-electron chi connectivity index (χ4n) is 6.98. The van der Waals surface area contributed by atoms with E-state index in [0.29, 0.717) is 13.2 Å². The monoisotopic (exact) mass is 538 g/mol. The molecule has 7 nitrogen and oxygen atoms in total. The van der Waals surface area contributed by atoms with E-state index in [1.165, 1.54) is 11.8 Å². The first-order valence-electron chi connectivity index (χ1n) is 13.6. The molecule has 0 radical (unpaired) electrons. The number of anilines is 1. The third-order valence-corrected chi connectivity index (χ3v) is 10.5. The molecular weight excluding hydrogens is 500 g/mol. The maximum atomic E-state index is 14.7. The number of benzene rings is 1. The number of nitrogens with zero attached hydrogens (tertiary/aromatic N) is 2. The number of para-hydroxylation sites is 1. The van der Waals surface area contributed by atoms with Gasteiger partial charge in [-0.2, -0.15) is 0 Å². The SMILES string of the molecule is Cc1cccc(C)c1N1CC=C[C@]23S[C@]4(C)/C=C\CCCOC(=O)[C@@H]4[C@H]2C(=O)N([C@@H](CO)C(C)C)C3C1=O. The number of likely N-dealkylation sites (tertiary alicyclic amines) is 1. The number of aliphatic hydroxyl groups is 1. The number of cyclic esters (lactones) is 1. The van der Waals surface area contributed by atoms with Gasteiger partial charge < -0.3 is 19.6 Å². The van der Waals surface area contributed by atoms with Crippen molar-refractivity contribution < 1.29 is 24.2 Å². The van der Waals surface area contributed by atoms with Crippen LogP contribution in [0.4, 0.5) is 5.69 Å². The van der Waals surface area contributed by atoms with Crippen LogP contribution in [0.5, 0.6) is 0 Å². The van der Waals surface area contributed by atoms with E-state index in [1.54, 1.807) is 9.80 Å². The summed E-state index contributed by atoms with van der Waals surface area (Å²) in [6, 6.07) is 4.53. The molecule has 0 aliphatic carbocycles. The number of ether oxygens (including phenoxy) is 1. The van der Waals surface area contributed by atoms with E-state index >= 15 is 0 Å². The highest BCUT2D eigenvalue weighted by atomic mass is 32.2. The maximum absolute atomic E-state index is 14.7. The Labute approximate surface area is 229 Å². The molecule has 8 heteroatoms. The number of esters is 1. The maximum Gasteiger partial charge on any atom is 0.311 e. The number of carbonyl (C=O) groups excluding carboxylic acids is 3. The predicted molar refractivity (Wildman–Crippen MR) is 149 cm³/mol. The van der Waals surface area contributed by atoms with E-state index in [1.807, 2.05) is 65.0 Å². The first-order valence-corrected chi connectivity index (χ1v) is 14.4. The summed E-state index contributed by atoms with van der Waals surface area (Å²) < 4.78 is 4.01. The van der Waals surface area contributed by atoms with Crippen molar-refractivity contribution in [3.8, 4) is 0 Å². The highest BCUT2D eigenvalue weighted by Gasteiger charge is 2.74. The van der Waals surface area contributed by atoms with E-state index in [4.69, 9.17) is 4.74 Å². The van der Waals surface area contributed by atoms with Crippen molar-refractivity contribution in [1.82, 2.24) is 4.90 Å². The summed E-state index contributed by atoms with van der Waals surface area (Å²) in [5.74, 6) is -2.42. The van der Waals surface area contributed by atoms with Crippen LogP contribution in [-0.2, 0) is 19.1 Å². The van der Waals surface area contributed by atoms with Gasteiger partial charge in [-0.25, -0.2) is 0 Å². The molecule has 1 N–H and O–H groups in total. The van der Waals surface area contributed by atoms with Gasteiger partial charge in [0.05, 0.1) is 35.8 Å². The Hall–Kier alpha value is -2.58. The van der Waals surface area contributed by atoms with E-state index in [0.717, 1.165) is 29.7 Å². The molecule has 4 aliphatic heterocycles. The van der Waals surface area contributed by atoms with Gasteiger partial charge in [-0.05, 0) is 50.7 Å². The molecule has 4 heterocycles. The van der Waals surface area contributed by atoms with Gasteiger partial charge in [0, 0.05) is 17.0 Å². The van der Waals surface area contributed by atoms with Crippen molar-refractivity contribution in [3.05, 3.63) is 53.6 Å². The molecule has 1 spiro atoms. The second-order valence-electron chi connectivity index (χ2n) is 11.5. The fraction of sp³-hybridized carbons (Fsp3) is 0.567. The average Bonchev–Trinajstić information content (AvgIpc) is 3.20. The molecule has 2 amide bonds. The minimum absolute atomic E-state index is 0.0859. The van der Waals surface area contributed by atoms with Crippen LogP contribution in [0.2, 0.25) is 0 Å². The van der Waals surface area contributed by atoms with Crippen molar-refractivity contribution in [1.29, 1.82) is 0 Å². The molecule has 204 valence electrons. The lowest BCUT2D eigenvalue weighted by molar-refractivity contribution is -0.154. The molecule has 6 atom stereocenters. The van der Waals surface area contributed by atoms with Gasteiger partial charge in [-0.1, -0.05) is 56.4 Å². The second-order valence-corrected chi connectivity index (χ2v) is 13.3. The van der Waals surface area contributed by atoms with E-state index in [2.05, 4.69) is 12.2 Å². The highest BCUT2D eigenvalue weighted by molar-refractivity contribution is 8.02. The van der Waals surface area contributed by atoms with Crippen LogP contribution in [0, 0.1) is 31.6 Å². The summed E-state index contributed by atoms with van der Waals surface area (Å²) in [5.41, 5.74) is 2.80. The van der Waals surface area contributed by atoms with Crippen LogP contribution >= 0.6 is 11.8 Å². The highest BCUT2D eigenvalue weighted by Crippen LogP contribution is 2.65. The number of rotatable bonds is 4. The van der Waals surface area contributed by atoms with Crippen LogP contribution in [0.1, 0.15) is 44.7 Å². The van der Waals surface area contributed by atoms with Crippen molar-refractivity contribution in [2.24, 2.45) is 17.8 Å². The average molecular weight is 539 g/mol. The summed E-state index contributed by atoms with van der Waals surface area (Å²) in [5, 5.41) is 10.5. The van der Waals surface area contributed by atoms with Crippen molar-refractivity contribution >= 4 is 35.2 Å². The Balaban J connectivity index is 1.72. The Kier molecular flexibility index (Phi) is 7.01. The number of fused-ring (bicyclic) bond motifs is 2. The molecule has 0 bridgehead atoms. The van der Waals surface area contributed by atoms with Gasteiger partial charge in [0.25, 0.3) is 5.91 Å². The number of amides is 2. The molecule has 1 unspecified atom stereocenters. The predicted octanol–water partition coefficient (Wildman–Crippen LogP) is 3.80. The van der Waals surface area contributed by atoms with Crippen molar-refractivity contribution in [3.63, 3.8) is 0 Å². The van der Waals surface area contributed by atoms with Crippen LogP contribution in [0.15, 0.2) is 42.5 Å². The summed E-state index contributed by atoms with van der Waals surface area (Å²) in [7, 11) is 0. The second kappa shape index (κ2) is 9.87. The molecule has 0 saturated carbocycles. The lowest BCUT2D eigenvalue weighted by Crippen LogP contribution is -2.58. The third kappa shape index (κ3) is 3.94. The zero-order valence-electron chi connectivity index (χ0n) is 22.8. The number of carbonyl (C=O) groups is 3. The first kappa shape index (κ1) is 27.0. The fourth-order valence-corrected chi connectivity index (χ4v) is 9.12. The van der Waals surface area contributed by atoms with Crippen LogP contribution in [0.25, 0.3) is 0 Å². The van der Waals surface area contributed by atoms with Crippen LogP contribution in [0.3, 0.4) is 0 Å². The van der Waals surface area contributed by atoms with Crippen LogP contribution in [-0.4, -0.2) is 69.1 Å². The summed E-state index contributed by atoms with van der Waals surface area (Å²) in [6.07, 6.45) is 9.63. The smallest absolute Gasteiger partial charge is 0.311 e. The van der Waals surface area contributed by atoms with Gasteiger partial charge in [0.1, 0.15) is 6.04 Å². The van der Waals surface area contributed by atoms with Gasteiger partial charge in [0.15, 0.2) is 0 Å². The summed E-state index contributed by atoms with van der Waals surface area (Å²) >= 11 is 1.54.